The summed E-state index contributed by atoms with van der Waals surface area (Å²) in [4.78, 5) is 0. The van der Waals surface area contributed by atoms with Crippen LogP contribution in [-0.2, 0) is 6.54 Å². The van der Waals surface area contributed by atoms with Crippen LogP contribution in [0.5, 0.6) is 0 Å². The van der Waals surface area contributed by atoms with E-state index in [9.17, 15) is 8.78 Å². The van der Waals surface area contributed by atoms with E-state index < -0.39 is 0 Å². The van der Waals surface area contributed by atoms with E-state index in [0.29, 0.717) is 12.1 Å². The molecule has 0 atom stereocenters. The monoisotopic (exact) mass is 197 g/mol. The van der Waals surface area contributed by atoms with Crippen molar-refractivity contribution in [3.63, 3.8) is 0 Å². The number of rotatable bonds is 4. The molecule has 1 saturated carbocycles. The molecule has 0 spiro atoms. The Balaban J connectivity index is 1.89. The predicted octanol–water partition coefficient (Wildman–Crippen LogP) is 2.46. The Bertz CT molecular complexity index is 321. The summed E-state index contributed by atoms with van der Waals surface area (Å²) in [6.45, 7) is 1.33. The molecule has 2 rings (SSSR count). The molecule has 76 valence electrons. The Morgan fingerprint density at radius 1 is 1.29 bits per heavy atom. The van der Waals surface area contributed by atoms with E-state index in [1.165, 1.54) is 25.0 Å². The summed E-state index contributed by atoms with van der Waals surface area (Å²) in [6, 6.07) is 3.55. The second kappa shape index (κ2) is 4.05. The van der Waals surface area contributed by atoms with Crippen molar-refractivity contribution in [2.45, 2.75) is 19.4 Å². The van der Waals surface area contributed by atoms with Crippen LogP contribution in [0.1, 0.15) is 18.4 Å². The minimum atomic E-state index is -0.380. The van der Waals surface area contributed by atoms with Gasteiger partial charge in [-0.05, 0) is 43.5 Å². The van der Waals surface area contributed by atoms with Gasteiger partial charge in [-0.15, -0.1) is 0 Å². The highest BCUT2D eigenvalue weighted by Gasteiger charge is 2.20. The first-order valence-corrected chi connectivity index (χ1v) is 4.90. The van der Waals surface area contributed by atoms with Gasteiger partial charge in [-0.3, -0.25) is 0 Å². The average molecular weight is 197 g/mol. The lowest BCUT2D eigenvalue weighted by molar-refractivity contribution is 0.562. The number of benzene rings is 1. The second-order valence-corrected chi connectivity index (χ2v) is 3.81. The minimum absolute atomic E-state index is 0.338. The molecule has 1 aliphatic rings. The summed E-state index contributed by atoms with van der Waals surface area (Å²) < 4.78 is 25.9. The highest BCUT2D eigenvalue weighted by molar-refractivity contribution is 5.18. The number of hydrogen-bond donors (Lipinski definition) is 1. The molecule has 1 aromatic rings. The minimum Gasteiger partial charge on any atom is -0.312 e. The molecule has 0 bridgehead atoms. The van der Waals surface area contributed by atoms with Crippen LogP contribution in [0.25, 0.3) is 0 Å². The largest absolute Gasteiger partial charge is 0.312 e. The van der Waals surface area contributed by atoms with Gasteiger partial charge in [-0.25, -0.2) is 8.78 Å². The van der Waals surface area contributed by atoms with Gasteiger partial charge in [0.05, 0.1) is 0 Å². The third-order valence-corrected chi connectivity index (χ3v) is 2.45. The molecule has 14 heavy (non-hydrogen) atoms. The van der Waals surface area contributed by atoms with E-state index in [1.54, 1.807) is 0 Å². The van der Waals surface area contributed by atoms with E-state index in [4.69, 9.17) is 0 Å². The number of nitrogens with one attached hydrogen (secondary N) is 1. The fourth-order valence-corrected chi connectivity index (χ4v) is 1.41. The fraction of sp³-hybridized carbons (Fsp3) is 0.455. The molecule has 0 heterocycles. The summed E-state index contributed by atoms with van der Waals surface area (Å²) >= 11 is 0. The SMILES string of the molecule is Fc1ccc(F)c(CNCC2CC2)c1. The lowest BCUT2D eigenvalue weighted by atomic mass is 10.2. The van der Waals surface area contributed by atoms with Crippen molar-refractivity contribution >= 4 is 0 Å². The zero-order chi connectivity index (χ0) is 9.97. The Hall–Kier alpha value is -0.960. The number of halogens is 2. The quantitative estimate of drug-likeness (QED) is 0.781. The molecular weight excluding hydrogens is 184 g/mol. The van der Waals surface area contributed by atoms with Crippen LogP contribution in [0.4, 0.5) is 8.78 Å². The molecule has 1 N–H and O–H groups in total. The first-order valence-electron chi connectivity index (χ1n) is 4.90. The predicted molar refractivity (Wildman–Crippen MR) is 50.8 cm³/mol. The fourth-order valence-electron chi connectivity index (χ4n) is 1.41. The normalized spacial score (nSPS) is 15.9. The highest BCUT2D eigenvalue weighted by atomic mass is 19.1. The van der Waals surface area contributed by atoms with Crippen molar-refractivity contribution in [1.29, 1.82) is 0 Å². The molecule has 3 heteroatoms. The Kier molecular flexibility index (Phi) is 2.77. The Labute approximate surface area is 82.1 Å². The molecular formula is C11H13F2N. The Morgan fingerprint density at radius 3 is 2.79 bits per heavy atom. The van der Waals surface area contributed by atoms with Crippen LogP contribution in [0.2, 0.25) is 0 Å². The maximum Gasteiger partial charge on any atom is 0.127 e. The summed E-state index contributed by atoms with van der Waals surface area (Å²) in [5.74, 6) is 0.0379. The molecule has 0 aromatic heterocycles. The average Bonchev–Trinajstić information content (AvgIpc) is 2.95. The molecule has 0 aliphatic heterocycles. The standard InChI is InChI=1S/C11H13F2N/c12-10-3-4-11(13)9(5-10)7-14-6-8-1-2-8/h3-5,8,14H,1-2,6-7H2. The molecule has 0 amide bonds. The summed E-state index contributed by atoms with van der Waals surface area (Å²) in [5.41, 5.74) is 0.408. The maximum atomic E-state index is 13.1. The third kappa shape index (κ3) is 2.51. The molecule has 0 saturated heterocycles. The van der Waals surface area contributed by atoms with Crippen LogP contribution in [0.3, 0.4) is 0 Å². The summed E-state index contributed by atoms with van der Waals surface area (Å²) in [5, 5.41) is 3.12. The van der Waals surface area contributed by atoms with Crippen LogP contribution in [-0.4, -0.2) is 6.54 Å². The van der Waals surface area contributed by atoms with E-state index in [0.717, 1.165) is 18.5 Å². The van der Waals surface area contributed by atoms with Gasteiger partial charge >= 0.3 is 0 Å². The number of hydrogen-bond acceptors (Lipinski definition) is 1. The van der Waals surface area contributed by atoms with Crippen molar-refractivity contribution in [3.05, 3.63) is 35.4 Å². The van der Waals surface area contributed by atoms with Gasteiger partial charge in [-0.2, -0.15) is 0 Å². The smallest absolute Gasteiger partial charge is 0.127 e. The van der Waals surface area contributed by atoms with Gasteiger partial charge < -0.3 is 5.32 Å². The summed E-state index contributed by atoms with van der Waals surface area (Å²) in [6.07, 6.45) is 2.53. The lowest BCUT2D eigenvalue weighted by Crippen LogP contribution is -2.17. The van der Waals surface area contributed by atoms with Gasteiger partial charge in [0, 0.05) is 12.1 Å². The van der Waals surface area contributed by atoms with E-state index in [2.05, 4.69) is 5.32 Å². The zero-order valence-corrected chi connectivity index (χ0v) is 7.89. The topological polar surface area (TPSA) is 12.0 Å². The summed E-state index contributed by atoms with van der Waals surface area (Å²) in [7, 11) is 0. The van der Waals surface area contributed by atoms with Crippen molar-refractivity contribution in [2.24, 2.45) is 5.92 Å². The highest BCUT2D eigenvalue weighted by Crippen LogP contribution is 2.27. The zero-order valence-electron chi connectivity index (χ0n) is 7.89. The molecule has 1 fully saturated rings. The van der Waals surface area contributed by atoms with Gasteiger partial charge in [0.1, 0.15) is 11.6 Å². The molecule has 0 unspecified atom stereocenters. The molecule has 1 aromatic carbocycles. The molecule has 1 nitrogen and oxygen atoms in total. The van der Waals surface area contributed by atoms with E-state index >= 15 is 0 Å². The van der Waals surface area contributed by atoms with Gasteiger partial charge in [-0.1, -0.05) is 0 Å². The van der Waals surface area contributed by atoms with Crippen molar-refractivity contribution in [3.8, 4) is 0 Å². The van der Waals surface area contributed by atoms with Gasteiger partial charge in [0.2, 0.25) is 0 Å². The van der Waals surface area contributed by atoms with Crippen LogP contribution in [0.15, 0.2) is 18.2 Å². The van der Waals surface area contributed by atoms with Crippen LogP contribution >= 0.6 is 0 Å². The maximum absolute atomic E-state index is 13.1. The van der Waals surface area contributed by atoms with Crippen molar-refractivity contribution in [2.75, 3.05) is 6.54 Å². The van der Waals surface area contributed by atoms with Gasteiger partial charge in [0.25, 0.3) is 0 Å². The molecule has 0 radical (unpaired) electrons. The second-order valence-electron chi connectivity index (χ2n) is 3.81. The van der Waals surface area contributed by atoms with Crippen molar-refractivity contribution < 1.29 is 8.78 Å². The van der Waals surface area contributed by atoms with Gasteiger partial charge in [0.15, 0.2) is 0 Å². The van der Waals surface area contributed by atoms with Crippen LogP contribution in [0, 0.1) is 17.6 Å². The van der Waals surface area contributed by atoms with Crippen LogP contribution < -0.4 is 5.32 Å². The van der Waals surface area contributed by atoms with E-state index in [1.807, 2.05) is 0 Å². The Morgan fingerprint density at radius 2 is 2.07 bits per heavy atom. The first-order chi connectivity index (χ1) is 6.75. The lowest BCUT2D eigenvalue weighted by Gasteiger charge is -2.04. The third-order valence-electron chi connectivity index (χ3n) is 2.45. The van der Waals surface area contributed by atoms with Crippen molar-refractivity contribution in [1.82, 2.24) is 5.32 Å². The van der Waals surface area contributed by atoms with E-state index in [-0.39, 0.29) is 11.6 Å². The first kappa shape index (κ1) is 9.59. The molecule has 1 aliphatic carbocycles.